The van der Waals surface area contributed by atoms with Crippen molar-refractivity contribution in [3.05, 3.63) is 78.1 Å². The van der Waals surface area contributed by atoms with Crippen LogP contribution in [0.4, 0.5) is 0 Å². The molecule has 0 radical (unpaired) electrons. The first-order valence-corrected chi connectivity index (χ1v) is 7.02. The third-order valence-electron chi connectivity index (χ3n) is 3.30. The molecule has 1 heterocycles. The van der Waals surface area contributed by atoms with E-state index in [1.807, 2.05) is 60.7 Å². The molecule has 0 aliphatic carbocycles. The molecule has 0 bridgehead atoms. The molecule has 3 aromatic rings. The van der Waals surface area contributed by atoms with Gasteiger partial charge >= 0.3 is 0 Å². The summed E-state index contributed by atoms with van der Waals surface area (Å²) < 4.78 is 0. The second-order valence-electron chi connectivity index (χ2n) is 4.86. The highest BCUT2D eigenvalue weighted by Gasteiger charge is 2.05. The highest BCUT2D eigenvalue weighted by Crippen LogP contribution is 2.18. The van der Waals surface area contributed by atoms with Gasteiger partial charge in [0.1, 0.15) is 0 Å². The lowest BCUT2D eigenvalue weighted by Gasteiger charge is -2.05. The van der Waals surface area contributed by atoms with Crippen LogP contribution in [0.15, 0.2) is 72.0 Å². The van der Waals surface area contributed by atoms with E-state index in [2.05, 4.69) is 15.5 Å². The SMILES string of the molecule is O=C(Cc1cccc2ccccc12)N/N=C/c1ccccn1. The van der Waals surface area contributed by atoms with Gasteiger partial charge in [0.05, 0.1) is 18.3 Å². The van der Waals surface area contributed by atoms with Crippen LogP contribution in [0.5, 0.6) is 0 Å². The lowest BCUT2D eigenvalue weighted by Crippen LogP contribution is -2.20. The highest BCUT2D eigenvalue weighted by atomic mass is 16.2. The number of amides is 1. The average Bonchev–Trinajstić information content (AvgIpc) is 2.56. The van der Waals surface area contributed by atoms with Gasteiger partial charge in [-0.15, -0.1) is 0 Å². The summed E-state index contributed by atoms with van der Waals surface area (Å²) in [6.07, 6.45) is 3.50. The Kier molecular flexibility index (Phi) is 4.20. The Morgan fingerprint density at radius 2 is 1.86 bits per heavy atom. The van der Waals surface area contributed by atoms with Gasteiger partial charge in [-0.2, -0.15) is 5.10 Å². The third kappa shape index (κ3) is 3.35. The van der Waals surface area contributed by atoms with Crippen molar-refractivity contribution in [3.8, 4) is 0 Å². The van der Waals surface area contributed by atoms with E-state index in [1.54, 1.807) is 6.20 Å². The number of rotatable bonds is 4. The molecular formula is C18H15N3O. The predicted molar refractivity (Wildman–Crippen MR) is 87.6 cm³/mol. The quantitative estimate of drug-likeness (QED) is 0.593. The van der Waals surface area contributed by atoms with Gasteiger partial charge in [-0.3, -0.25) is 9.78 Å². The Labute approximate surface area is 128 Å². The number of pyridine rings is 1. The van der Waals surface area contributed by atoms with Crippen LogP contribution in [0, 0.1) is 0 Å². The van der Waals surface area contributed by atoms with Crippen LogP contribution in [0.25, 0.3) is 10.8 Å². The second kappa shape index (κ2) is 6.63. The molecule has 0 saturated heterocycles. The Hall–Kier alpha value is -3.01. The molecule has 22 heavy (non-hydrogen) atoms. The first kappa shape index (κ1) is 13.9. The number of hydrogen-bond acceptors (Lipinski definition) is 3. The number of hydrogen-bond donors (Lipinski definition) is 1. The van der Waals surface area contributed by atoms with E-state index in [-0.39, 0.29) is 5.91 Å². The van der Waals surface area contributed by atoms with E-state index < -0.39 is 0 Å². The van der Waals surface area contributed by atoms with Crippen LogP contribution in [0.3, 0.4) is 0 Å². The predicted octanol–water partition coefficient (Wildman–Crippen LogP) is 2.93. The van der Waals surface area contributed by atoms with Crippen LogP contribution >= 0.6 is 0 Å². The number of carbonyl (C=O) groups excluding carboxylic acids is 1. The molecule has 3 rings (SSSR count). The monoisotopic (exact) mass is 289 g/mol. The summed E-state index contributed by atoms with van der Waals surface area (Å²) in [5, 5.41) is 6.15. The Morgan fingerprint density at radius 3 is 2.73 bits per heavy atom. The van der Waals surface area contributed by atoms with Crippen LogP contribution in [-0.2, 0) is 11.2 Å². The fourth-order valence-electron chi connectivity index (χ4n) is 2.28. The second-order valence-corrected chi connectivity index (χ2v) is 4.86. The van der Waals surface area contributed by atoms with E-state index in [4.69, 9.17) is 0 Å². The van der Waals surface area contributed by atoms with Gasteiger partial charge in [-0.1, -0.05) is 48.5 Å². The van der Waals surface area contributed by atoms with Crippen molar-refractivity contribution in [2.75, 3.05) is 0 Å². The highest BCUT2D eigenvalue weighted by molar-refractivity contribution is 5.90. The first-order valence-electron chi connectivity index (χ1n) is 7.02. The molecule has 0 aliphatic heterocycles. The summed E-state index contributed by atoms with van der Waals surface area (Å²) in [6.45, 7) is 0. The summed E-state index contributed by atoms with van der Waals surface area (Å²) in [5.41, 5.74) is 4.23. The Bertz CT molecular complexity index is 807. The maximum Gasteiger partial charge on any atom is 0.244 e. The smallest absolute Gasteiger partial charge is 0.244 e. The van der Waals surface area contributed by atoms with Crippen LogP contribution < -0.4 is 5.43 Å². The average molecular weight is 289 g/mol. The first-order chi connectivity index (χ1) is 10.8. The Morgan fingerprint density at radius 1 is 1.05 bits per heavy atom. The summed E-state index contributed by atoms with van der Waals surface area (Å²) in [7, 11) is 0. The topological polar surface area (TPSA) is 54.4 Å². The lowest BCUT2D eigenvalue weighted by molar-refractivity contribution is -0.120. The van der Waals surface area contributed by atoms with Crippen molar-refractivity contribution >= 4 is 22.9 Å². The number of nitrogens with zero attached hydrogens (tertiary/aromatic N) is 2. The standard InChI is InChI=1S/C18H15N3O/c22-18(21-20-13-16-9-3-4-11-19-16)12-15-8-5-7-14-6-1-2-10-17(14)15/h1-11,13H,12H2,(H,21,22)/b20-13+. The van der Waals surface area contributed by atoms with Crippen molar-refractivity contribution in [2.24, 2.45) is 5.10 Å². The van der Waals surface area contributed by atoms with E-state index in [0.717, 1.165) is 16.3 Å². The van der Waals surface area contributed by atoms with Crippen LogP contribution in [-0.4, -0.2) is 17.1 Å². The zero-order valence-corrected chi connectivity index (χ0v) is 11.9. The van der Waals surface area contributed by atoms with E-state index in [1.165, 1.54) is 6.21 Å². The van der Waals surface area contributed by atoms with Gasteiger partial charge in [-0.25, -0.2) is 5.43 Å². The molecule has 0 spiro atoms. The molecule has 1 aromatic heterocycles. The minimum atomic E-state index is -0.150. The minimum Gasteiger partial charge on any atom is -0.273 e. The maximum absolute atomic E-state index is 12.0. The van der Waals surface area contributed by atoms with Gasteiger partial charge in [0, 0.05) is 6.20 Å². The molecule has 0 fully saturated rings. The van der Waals surface area contributed by atoms with Gasteiger partial charge in [0.15, 0.2) is 0 Å². The number of fused-ring (bicyclic) bond motifs is 1. The third-order valence-corrected chi connectivity index (χ3v) is 3.30. The molecule has 4 nitrogen and oxygen atoms in total. The van der Waals surface area contributed by atoms with Gasteiger partial charge in [-0.05, 0) is 28.5 Å². The van der Waals surface area contributed by atoms with Gasteiger partial charge < -0.3 is 0 Å². The number of benzene rings is 2. The van der Waals surface area contributed by atoms with Crippen molar-refractivity contribution in [3.63, 3.8) is 0 Å². The van der Waals surface area contributed by atoms with E-state index in [9.17, 15) is 4.79 Å². The normalized spacial score (nSPS) is 10.9. The molecular weight excluding hydrogens is 274 g/mol. The summed E-state index contributed by atoms with van der Waals surface area (Å²) in [5.74, 6) is -0.150. The zero-order valence-electron chi connectivity index (χ0n) is 11.9. The fraction of sp³-hybridized carbons (Fsp3) is 0.0556. The summed E-state index contributed by atoms with van der Waals surface area (Å²) >= 11 is 0. The molecule has 0 atom stereocenters. The van der Waals surface area contributed by atoms with Crippen LogP contribution in [0.2, 0.25) is 0 Å². The van der Waals surface area contributed by atoms with E-state index in [0.29, 0.717) is 12.1 Å². The molecule has 0 saturated carbocycles. The van der Waals surface area contributed by atoms with Crippen molar-refractivity contribution < 1.29 is 4.79 Å². The molecule has 2 aromatic carbocycles. The lowest BCUT2D eigenvalue weighted by atomic mass is 10.0. The molecule has 108 valence electrons. The maximum atomic E-state index is 12.0. The summed E-state index contributed by atoms with van der Waals surface area (Å²) in [6, 6.07) is 19.5. The molecule has 1 amide bonds. The van der Waals surface area contributed by atoms with Crippen molar-refractivity contribution in [1.29, 1.82) is 0 Å². The van der Waals surface area contributed by atoms with Gasteiger partial charge in [0.25, 0.3) is 0 Å². The molecule has 4 heteroatoms. The molecule has 0 aliphatic rings. The largest absolute Gasteiger partial charge is 0.273 e. The van der Waals surface area contributed by atoms with Crippen LogP contribution in [0.1, 0.15) is 11.3 Å². The summed E-state index contributed by atoms with van der Waals surface area (Å²) in [4.78, 5) is 16.1. The zero-order chi connectivity index (χ0) is 15.2. The molecule has 1 N–H and O–H groups in total. The van der Waals surface area contributed by atoms with E-state index >= 15 is 0 Å². The Balaban J connectivity index is 1.67. The molecule has 0 unspecified atom stereocenters. The number of aromatic nitrogens is 1. The minimum absolute atomic E-state index is 0.150. The van der Waals surface area contributed by atoms with Crippen molar-refractivity contribution in [1.82, 2.24) is 10.4 Å². The number of carbonyl (C=O) groups is 1. The van der Waals surface area contributed by atoms with Gasteiger partial charge in [0.2, 0.25) is 5.91 Å². The fourth-order valence-corrected chi connectivity index (χ4v) is 2.28. The van der Waals surface area contributed by atoms with Crippen molar-refractivity contribution in [2.45, 2.75) is 6.42 Å². The number of hydrazone groups is 1. The number of nitrogens with one attached hydrogen (secondary N) is 1.